The number of carbonyl (C=O) groups is 2. The Bertz CT molecular complexity index is 1280. The summed E-state index contributed by atoms with van der Waals surface area (Å²) in [5, 5.41) is 0. The van der Waals surface area contributed by atoms with Gasteiger partial charge in [-0.3, -0.25) is 9.59 Å². The van der Waals surface area contributed by atoms with Crippen LogP contribution < -0.4 is 0 Å². The van der Waals surface area contributed by atoms with E-state index in [0.29, 0.717) is 13.0 Å². The third-order valence-corrected chi connectivity index (χ3v) is 10.8. The fraction of sp³-hybridized carbons (Fsp3) is 0.661. The van der Waals surface area contributed by atoms with Crippen molar-refractivity contribution >= 4 is 11.9 Å². The van der Waals surface area contributed by atoms with Gasteiger partial charge in [0.15, 0.2) is 6.10 Å². The maximum absolute atomic E-state index is 12.7. The largest absolute Gasteiger partial charge is 0.462 e. The van der Waals surface area contributed by atoms with Gasteiger partial charge in [0.25, 0.3) is 0 Å². The minimum Gasteiger partial charge on any atom is -0.462 e. The lowest BCUT2D eigenvalue weighted by atomic mass is 10.0. The topological polar surface area (TPSA) is 61.8 Å². The molecule has 0 bridgehead atoms. The molecule has 64 heavy (non-hydrogen) atoms. The van der Waals surface area contributed by atoms with E-state index in [1.54, 1.807) is 0 Å². The molecule has 0 radical (unpaired) electrons. The SMILES string of the molecule is CC/C=C\C/C=C\C/C=C\C/C=C\C/C=C\CC(=O)OC(COCCC/C=C\C/C=C\C/C=C\C/C=C\CC)COC(=O)CCCCCCCCCCCCCCCCCCCCC. The Hall–Kier alpha value is -3.44. The molecule has 5 nitrogen and oxygen atoms in total. The zero-order valence-electron chi connectivity index (χ0n) is 41.8. The van der Waals surface area contributed by atoms with Crippen molar-refractivity contribution in [3.05, 3.63) is 109 Å². The second-order valence-electron chi connectivity index (χ2n) is 17.0. The van der Waals surface area contributed by atoms with Crippen molar-refractivity contribution in [1.82, 2.24) is 0 Å². The summed E-state index contributed by atoms with van der Waals surface area (Å²) in [6, 6.07) is 0. The lowest BCUT2D eigenvalue weighted by Gasteiger charge is -2.18. The van der Waals surface area contributed by atoms with Crippen LogP contribution in [0, 0.1) is 0 Å². The number of esters is 2. The molecule has 0 heterocycles. The fourth-order valence-corrected chi connectivity index (χ4v) is 7.00. The Labute approximate surface area is 395 Å². The Balaban J connectivity index is 4.41. The van der Waals surface area contributed by atoms with Gasteiger partial charge in [-0.25, -0.2) is 0 Å². The maximum atomic E-state index is 12.7. The lowest BCUT2D eigenvalue weighted by molar-refractivity contribution is -0.162. The summed E-state index contributed by atoms with van der Waals surface area (Å²) in [4.78, 5) is 25.4. The summed E-state index contributed by atoms with van der Waals surface area (Å²) < 4.78 is 17.2. The number of unbranched alkanes of at least 4 members (excludes halogenated alkanes) is 19. The Morgan fingerprint density at radius 2 is 0.734 bits per heavy atom. The van der Waals surface area contributed by atoms with E-state index in [1.165, 1.54) is 103 Å². The van der Waals surface area contributed by atoms with E-state index in [1.807, 2.05) is 12.2 Å². The molecule has 364 valence electrons. The van der Waals surface area contributed by atoms with Crippen LogP contribution >= 0.6 is 0 Å². The highest BCUT2D eigenvalue weighted by Crippen LogP contribution is 2.15. The van der Waals surface area contributed by atoms with Crippen LogP contribution in [0.25, 0.3) is 0 Å². The smallest absolute Gasteiger partial charge is 0.310 e. The highest BCUT2D eigenvalue weighted by molar-refractivity contribution is 5.71. The first-order valence-electron chi connectivity index (χ1n) is 26.4. The molecular weight excluding hydrogens is 789 g/mol. The van der Waals surface area contributed by atoms with E-state index in [9.17, 15) is 9.59 Å². The number of rotatable bonds is 47. The van der Waals surface area contributed by atoms with Gasteiger partial charge in [0, 0.05) is 13.0 Å². The summed E-state index contributed by atoms with van der Waals surface area (Å²) in [5.74, 6) is -0.574. The first kappa shape index (κ1) is 60.6. The number of allylic oxidation sites excluding steroid dienone is 17. The Morgan fingerprint density at radius 1 is 0.375 bits per heavy atom. The van der Waals surface area contributed by atoms with Crippen molar-refractivity contribution in [2.45, 2.75) is 232 Å². The molecule has 1 unspecified atom stereocenters. The molecule has 0 rings (SSSR count). The van der Waals surface area contributed by atoms with Crippen molar-refractivity contribution < 1.29 is 23.8 Å². The third-order valence-electron chi connectivity index (χ3n) is 10.8. The van der Waals surface area contributed by atoms with E-state index in [-0.39, 0.29) is 31.6 Å². The van der Waals surface area contributed by atoms with Crippen LogP contribution in [0.15, 0.2) is 109 Å². The van der Waals surface area contributed by atoms with Gasteiger partial charge >= 0.3 is 11.9 Å². The van der Waals surface area contributed by atoms with Gasteiger partial charge < -0.3 is 14.2 Å². The highest BCUT2D eigenvalue weighted by Gasteiger charge is 2.17. The van der Waals surface area contributed by atoms with E-state index >= 15 is 0 Å². The van der Waals surface area contributed by atoms with Crippen LogP contribution in [0.3, 0.4) is 0 Å². The maximum Gasteiger partial charge on any atom is 0.310 e. The molecule has 1 atom stereocenters. The summed E-state index contributed by atoms with van der Waals surface area (Å²) in [7, 11) is 0. The summed E-state index contributed by atoms with van der Waals surface area (Å²) in [6.07, 6.45) is 74.3. The van der Waals surface area contributed by atoms with Crippen molar-refractivity contribution in [2.24, 2.45) is 0 Å². The third kappa shape index (κ3) is 51.2. The second kappa shape index (κ2) is 53.9. The Kier molecular flexibility index (Phi) is 51.0. The van der Waals surface area contributed by atoms with Crippen LogP contribution in [0.4, 0.5) is 0 Å². The molecule has 0 aliphatic rings. The summed E-state index contributed by atoms with van der Waals surface area (Å²) in [6.45, 7) is 7.36. The Morgan fingerprint density at radius 3 is 1.14 bits per heavy atom. The minimum absolute atomic E-state index is 0.0201. The predicted octanol–water partition coefficient (Wildman–Crippen LogP) is 18.0. The fourth-order valence-electron chi connectivity index (χ4n) is 7.00. The van der Waals surface area contributed by atoms with Gasteiger partial charge in [-0.1, -0.05) is 246 Å². The van der Waals surface area contributed by atoms with Crippen LogP contribution in [-0.2, 0) is 23.8 Å². The minimum atomic E-state index is -0.623. The number of ether oxygens (including phenoxy) is 3. The number of hydrogen-bond acceptors (Lipinski definition) is 5. The van der Waals surface area contributed by atoms with Crippen molar-refractivity contribution in [2.75, 3.05) is 19.8 Å². The van der Waals surface area contributed by atoms with Gasteiger partial charge in [0.2, 0.25) is 0 Å². The molecule has 0 fully saturated rings. The molecule has 0 aromatic carbocycles. The summed E-state index contributed by atoms with van der Waals surface area (Å²) in [5.41, 5.74) is 0. The quantitative estimate of drug-likeness (QED) is 0.0346. The van der Waals surface area contributed by atoms with E-state index in [0.717, 1.165) is 89.9 Å². The molecule has 0 N–H and O–H groups in total. The van der Waals surface area contributed by atoms with Crippen molar-refractivity contribution in [3.8, 4) is 0 Å². The zero-order chi connectivity index (χ0) is 46.3. The van der Waals surface area contributed by atoms with Crippen LogP contribution in [-0.4, -0.2) is 37.9 Å². The van der Waals surface area contributed by atoms with Gasteiger partial charge in [0.1, 0.15) is 6.61 Å². The average molecular weight is 887 g/mol. The van der Waals surface area contributed by atoms with Crippen LogP contribution in [0.5, 0.6) is 0 Å². The number of carbonyl (C=O) groups excluding carboxylic acids is 2. The molecule has 0 aromatic rings. The molecule has 5 heteroatoms. The first-order chi connectivity index (χ1) is 31.6. The van der Waals surface area contributed by atoms with Gasteiger partial charge in [-0.15, -0.1) is 0 Å². The average Bonchev–Trinajstić information content (AvgIpc) is 3.30. The zero-order valence-corrected chi connectivity index (χ0v) is 41.8. The van der Waals surface area contributed by atoms with Crippen molar-refractivity contribution in [1.29, 1.82) is 0 Å². The second-order valence-corrected chi connectivity index (χ2v) is 17.0. The monoisotopic (exact) mass is 887 g/mol. The summed E-state index contributed by atoms with van der Waals surface area (Å²) >= 11 is 0. The van der Waals surface area contributed by atoms with E-state index < -0.39 is 6.10 Å². The van der Waals surface area contributed by atoms with Crippen molar-refractivity contribution in [3.63, 3.8) is 0 Å². The molecule has 0 aromatic heterocycles. The van der Waals surface area contributed by atoms with E-state index in [2.05, 4.69) is 118 Å². The van der Waals surface area contributed by atoms with Crippen LogP contribution in [0.1, 0.15) is 226 Å². The lowest BCUT2D eigenvalue weighted by Crippen LogP contribution is -2.29. The predicted molar refractivity (Wildman–Crippen MR) is 279 cm³/mol. The van der Waals surface area contributed by atoms with Gasteiger partial charge in [0.05, 0.1) is 13.0 Å². The van der Waals surface area contributed by atoms with Gasteiger partial charge in [-0.2, -0.15) is 0 Å². The molecule has 0 aliphatic heterocycles. The highest BCUT2D eigenvalue weighted by atomic mass is 16.6. The first-order valence-corrected chi connectivity index (χ1v) is 26.4. The molecular formula is C59H98O5. The van der Waals surface area contributed by atoms with E-state index in [4.69, 9.17) is 14.2 Å². The molecule has 0 saturated heterocycles. The normalized spacial score (nSPS) is 13.1. The van der Waals surface area contributed by atoms with Crippen LogP contribution in [0.2, 0.25) is 0 Å². The van der Waals surface area contributed by atoms with Gasteiger partial charge in [-0.05, 0) is 77.0 Å². The molecule has 0 saturated carbocycles. The molecule has 0 spiro atoms. The number of hydrogen-bond donors (Lipinski definition) is 0. The standard InChI is InChI=1S/C59H98O5/c1-4-7-10-13-16-19-22-25-28-29-30-31-33-34-37-40-43-46-49-52-58(60)63-56-57(55-62-54-51-48-45-42-39-36-27-24-21-18-15-12-9-6-3)64-59(61)53-50-47-44-41-38-35-32-26-23-20-17-14-11-8-5-2/h8-9,11-12,17-18,20-21,26-27,32,36,38,41-42,45,47,50,57H,4-7,10,13-16,19,22-25,28-31,33-35,37,39-40,43-44,46,48-49,51-56H2,1-3H3/b11-8-,12-9-,20-17-,21-18-,32-26-,36-27-,41-38-,45-42-,50-47-. The molecule has 0 amide bonds. The molecule has 0 aliphatic carbocycles.